The number of carbonyl (C=O) groups is 18. The summed E-state index contributed by atoms with van der Waals surface area (Å²) in [4.78, 5) is 260. The Kier molecular flexibility index (Phi) is 41.9. The van der Waals surface area contributed by atoms with E-state index in [-0.39, 0.29) is 56.4 Å². The number of primary amides is 2. The molecule has 0 saturated heterocycles. The Balaban J connectivity index is 1.20. The summed E-state index contributed by atoms with van der Waals surface area (Å²) < 4.78 is 0. The fraction of sp³-hybridized carbons (Fsp3) is 0.482. The minimum absolute atomic E-state index is 0.0402. The van der Waals surface area contributed by atoms with Crippen LogP contribution in [0.5, 0.6) is 5.75 Å². The minimum Gasteiger partial charge on any atom is -0.508 e. The number of hydrogen-bond acceptors (Lipinski definition) is 25. The van der Waals surface area contributed by atoms with Gasteiger partial charge in [0.25, 0.3) is 0 Å². The third-order valence-electron chi connectivity index (χ3n) is 20.4. The van der Waals surface area contributed by atoms with Crippen LogP contribution in [0, 0.1) is 5.92 Å². The third-order valence-corrected chi connectivity index (χ3v) is 21.1. The van der Waals surface area contributed by atoms with Gasteiger partial charge < -0.3 is 138 Å². The smallest absolute Gasteiger partial charge is 0.326 e. The summed E-state index contributed by atoms with van der Waals surface area (Å²) in [6.45, 7) is 5.23. The number of carbonyl (C=O) groups excluding carboxylic acids is 16. The van der Waals surface area contributed by atoms with E-state index < -0.39 is 255 Å². The number of nitrogens with zero attached hydrogens (tertiary/aromatic N) is 1. The van der Waals surface area contributed by atoms with Crippen molar-refractivity contribution in [1.29, 1.82) is 0 Å². The number of para-hydroxylation sites is 2. The summed E-state index contributed by atoms with van der Waals surface area (Å²) in [6, 6.07) is -3.57. The van der Waals surface area contributed by atoms with Gasteiger partial charge in [0.15, 0.2) is 0 Å². The summed E-state index contributed by atoms with van der Waals surface area (Å²) in [5.41, 5.74) is 25.0. The van der Waals surface area contributed by atoms with E-state index in [1.165, 1.54) is 75.5 Å². The van der Waals surface area contributed by atoms with Crippen LogP contribution in [0.25, 0.3) is 21.8 Å². The Morgan fingerprint density at radius 3 is 1.40 bits per heavy atom. The first-order valence-corrected chi connectivity index (χ1v) is 42.9. The summed E-state index contributed by atoms with van der Waals surface area (Å²) in [6.07, 6.45) is 2.13. The number of benzene rings is 3. The summed E-state index contributed by atoms with van der Waals surface area (Å²) in [5.74, 6) is -19.8. The van der Waals surface area contributed by atoms with Crippen molar-refractivity contribution in [3.05, 3.63) is 120 Å². The van der Waals surface area contributed by atoms with Crippen molar-refractivity contribution >= 4 is 140 Å². The lowest BCUT2D eigenvalue weighted by molar-refractivity contribution is -0.142. The van der Waals surface area contributed by atoms with Crippen molar-refractivity contribution < 1.29 is 112 Å². The lowest BCUT2D eigenvalue weighted by Gasteiger charge is -2.27. The van der Waals surface area contributed by atoms with Crippen LogP contribution in [0.2, 0.25) is 0 Å². The third kappa shape index (κ3) is 34.3. The van der Waals surface area contributed by atoms with Crippen LogP contribution < -0.4 is 97.4 Å². The minimum atomic E-state index is -1.87. The van der Waals surface area contributed by atoms with Gasteiger partial charge in [-0.3, -0.25) is 81.5 Å². The monoisotopic (exact) mass is 1820 g/mol. The molecule has 0 saturated carbocycles. The fourth-order valence-corrected chi connectivity index (χ4v) is 13.8. The zero-order chi connectivity index (χ0) is 95.3. The van der Waals surface area contributed by atoms with Crippen molar-refractivity contribution in [2.24, 2.45) is 28.9 Å². The number of H-pyrrole nitrogens is 3. The Bertz CT molecular complexity index is 4890. The van der Waals surface area contributed by atoms with Gasteiger partial charge in [0.1, 0.15) is 90.3 Å². The van der Waals surface area contributed by atoms with Crippen molar-refractivity contribution in [2.45, 2.75) is 215 Å². The topological polar surface area (TPSA) is 741 Å². The molecule has 0 fully saturated rings. The average molecular weight is 1820 g/mol. The first-order valence-electron chi connectivity index (χ1n) is 41.5. The van der Waals surface area contributed by atoms with E-state index >= 15 is 4.79 Å². The molecule has 3 heterocycles. The predicted octanol–water partition coefficient (Wildman–Crippen LogP) is -5.47. The highest BCUT2D eigenvalue weighted by Crippen LogP contribution is 2.23. The van der Waals surface area contributed by atoms with Gasteiger partial charge in [0, 0.05) is 84.6 Å². The largest absolute Gasteiger partial charge is 0.508 e. The normalized spacial score (nSPS) is 14.7. The number of aromatic amines is 3. The molecule has 46 heteroatoms. The molecule has 16 amide bonds. The molecule has 15 atom stereocenters. The standard InChI is InChI=1S/C83H116N22O23S/c1-41(2)29-58(77(121)103-63(34-66(86)110)76(120)94-43(4)71(115)96-56(26-28-129-6)75(119)98-57(83(127)128)17-11-12-27-84)99-73(117)54(22-24-65(85)109)95-70(114)42(3)93-67(111)38-91-72(116)60(31-46-35-89-52-15-9-7-13-50(46)52)101-78(122)59(30-45-18-20-49(108)21-19-45)100-74(118)55(23-25-68(112)113)97-79(123)61(32-47-36-90-53-16-10-8-14-51(47)53)102-81(125)64(39-106)105-80(124)62(33-48-37-88-40-92-48)104-82(126)69(87)44(5)107/h7-10,13-16,18-21,35-37,40-44,54-64,69,89-90,106-108H,11-12,17,22-34,38-39,84,87H2,1-6H3,(H2,85,109)(H2,86,110)(H,88,92)(H,91,116)(H,93,111)(H,94,120)(H,95,114)(H,96,115)(H,97,123)(H,98,119)(H,99,117)(H,100,118)(H,101,122)(H,102,125)(H,103,121)(H,104,126)(H,105,124)(H,112,113)(H,127,128)/t42-,43-,44+,54-,55-,56-,57-,58-,59-,60-,61-,62-,63-,64-,69-/m0/s1. The molecule has 0 radical (unpaired) electrons. The molecule has 6 aromatic rings. The molecule has 0 spiro atoms. The zero-order valence-corrected chi connectivity index (χ0v) is 72.8. The van der Waals surface area contributed by atoms with E-state index in [0.29, 0.717) is 57.2 Å². The van der Waals surface area contributed by atoms with Gasteiger partial charge in [-0.1, -0.05) is 62.4 Å². The molecule has 6 rings (SSSR count). The Morgan fingerprint density at radius 1 is 0.457 bits per heavy atom. The van der Waals surface area contributed by atoms with Gasteiger partial charge in [-0.25, -0.2) is 9.78 Å². The van der Waals surface area contributed by atoms with Gasteiger partial charge in [-0.2, -0.15) is 11.8 Å². The molecule has 3 aromatic carbocycles. The van der Waals surface area contributed by atoms with Gasteiger partial charge in [-0.15, -0.1) is 0 Å². The van der Waals surface area contributed by atoms with Crippen molar-refractivity contribution in [3.8, 4) is 5.75 Å². The SMILES string of the molecule is CSCC[C@H](NC(=O)[C@H](C)NC(=O)[C@H](CC(N)=O)NC(=O)[C@H](CC(C)C)NC(=O)[C@H](CCC(N)=O)NC(=O)[C@H](C)NC(=O)CNC(=O)[C@H](Cc1c[nH]c2ccccc12)NC(=O)[C@H](Cc1ccc(O)cc1)NC(=O)[C@H](CCC(=O)O)NC(=O)[C@H](Cc1c[nH]c2ccccc12)NC(=O)[C@H](CO)NC(=O)[C@H](Cc1cnc[nH]1)NC(=O)[C@@H](N)[C@@H](C)O)C(=O)N[C@@H](CCCCN)C(=O)O. The van der Waals surface area contributed by atoms with E-state index in [1.54, 1.807) is 74.8 Å². The van der Waals surface area contributed by atoms with Gasteiger partial charge in [0.2, 0.25) is 94.5 Å². The Hall–Kier alpha value is -13.6. The number of aromatic nitrogens is 4. The van der Waals surface area contributed by atoms with Gasteiger partial charge in [0.05, 0.1) is 32.0 Å². The second-order valence-electron chi connectivity index (χ2n) is 31.3. The number of rotatable bonds is 56. The molecule has 0 unspecified atom stereocenters. The molecular formula is C83H116N22O23S. The number of aliphatic hydroxyl groups is 2. The van der Waals surface area contributed by atoms with Crippen LogP contribution >= 0.6 is 11.8 Å². The van der Waals surface area contributed by atoms with E-state index in [9.17, 15) is 107 Å². The number of imidazole rings is 1. The van der Waals surface area contributed by atoms with Crippen LogP contribution in [-0.4, -0.2) is 274 Å². The molecule has 30 N–H and O–H groups in total. The number of phenols is 1. The number of thioether (sulfide) groups is 1. The maximum absolute atomic E-state index is 15.1. The highest BCUT2D eigenvalue weighted by atomic mass is 32.2. The van der Waals surface area contributed by atoms with Crippen LogP contribution in [0.15, 0.2) is 97.7 Å². The highest BCUT2D eigenvalue weighted by molar-refractivity contribution is 7.98. The van der Waals surface area contributed by atoms with E-state index in [0.717, 1.165) is 0 Å². The maximum Gasteiger partial charge on any atom is 0.326 e. The lowest BCUT2D eigenvalue weighted by atomic mass is 10.0. The molecule has 3 aromatic heterocycles. The average Bonchev–Trinajstić information content (AvgIpc) is 1.69. The molecule has 0 aliphatic carbocycles. The number of aliphatic hydroxyl groups excluding tert-OH is 2. The molecule has 702 valence electrons. The predicted molar refractivity (Wildman–Crippen MR) is 466 cm³/mol. The number of phenolic OH excluding ortho intramolecular Hbond substituents is 1. The first-order chi connectivity index (χ1) is 61.2. The Morgan fingerprint density at radius 2 is 0.899 bits per heavy atom. The molecule has 129 heavy (non-hydrogen) atoms. The van der Waals surface area contributed by atoms with Crippen LogP contribution in [-0.2, 0) is 112 Å². The molecule has 0 aliphatic heterocycles. The van der Waals surface area contributed by atoms with E-state index in [2.05, 4.69) is 94.4 Å². The van der Waals surface area contributed by atoms with Gasteiger partial charge in [-0.05, 0) is 131 Å². The van der Waals surface area contributed by atoms with Crippen LogP contribution in [0.4, 0.5) is 0 Å². The molecule has 0 bridgehead atoms. The van der Waals surface area contributed by atoms with Crippen molar-refractivity contribution in [1.82, 2.24) is 94.4 Å². The number of nitrogens with one attached hydrogen (secondary N) is 17. The zero-order valence-electron chi connectivity index (χ0n) is 72.0. The summed E-state index contributed by atoms with van der Waals surface area (Å²) >= 11 is 1.33. The number of carboxylic acid groups (broad SMARTS) is 2. The van der Waals surface area contributed by atoms with Gasteiger partial charge >= 0.3 is 11.9 Å². The van der Waals surface area contributed by atoms with Crippen LogP contribution in [0.3, 0.4) is 0 Å². The second kappa shape index (κ2) is 51.9. The van der Waals surface area contributed by atoms with E-state index in [1.807, 2.05) is 0 Å². The first kappa shape index (κ1) is 104. The quantitative estimate of drug-likeness (QED) is 0.0158. The number of amides is 16. The Labute approximate surface area is 744 Å². The number of aromatic hydroxyl groups is 1. The maximum atomic E-state index is 15.1. The summed E-state index contributed by atoms with van der Waals surface area (Å²) in [7, 11) is 0. The fourth-order valence-electron chi connectivity index (χ4n) is 13.3. The molecule has 0 aliphatic rings. The number of hydrogen-bond donors (Lipinski definition) is 26. The van der Waals surface area contributed by atoms with E-state index in [4.69, 9.17) is 22.9 Å². The van der Waals surface area contributed by atoms with Crippen molar-refractivity contribution in [3.63, 3.8) is 0 Å². The second-order valence-corrected chi connectivity index (χ2v) is 32.3. The lowest BCUT2D eigenvalue weighted by Crippen LogP contribution is -2.61. The number of aliphatic carboxylic acids is 2. The number of carboxylic acids is 2. The highest BCUT2D eigenvalue weighted by Gasteiger charge is 2.39. The number of nitrogens with two attached hydrogens (primary N) is 4. The molecular weight excluding hydrogens is 1710 g/mol. The van der Waals surface area contributed by atoms with Crippen molar-refractivity contribution in [2.75, 3.05) is 31.7 Å². The summed E-state index contributed by atoms with van der Waals surface area (Å²) in [5, 5.41) is 86.2. The number of unbranched alkanes of at least 4 members (excludes halogenated alkanes) is 1. The number of fused-ring (bicyclic) bond motifs is 2. The molecule has 45 nitrogen and oxygen atoms in total. The van der Waals surface area contributed by atoms with Crippen LogP contribution in [0.1, 0.15) is 121 Å².